The lowest BCUT2D eigenvalue weighted by Gasteiger charge is -2.15. The molecule has 0 bridgehead atoms. The molecule has 0 aromatic carbocycles. The molecule has 0 spiro atoms. The zero-order valence-electron chi connectivity index (χ0n) is 16.7. The van der Waals surface area contributed by atoms with Crippen LogP contribution in [0.2, 0.25) is 0 Å². The minimum atomic E-state index is 0.0127. The number of rotatable bonds is 5. The zero-order chi connectivity index (χ0) is 20.4. The van der Waals surface area contributed by atoms with Gasteiger partial charge in [0.2, 0.25) is 5.91 Å². The fraction of sp³-hybridized carbons (Fsp3) is 0.350. The van der Waals surface area contributed by atoms with Crippen LogP contribution in [0.5, 0.6) is 0 Å². The summed E-state index contributed by atoms with van der Waals surface area (Å²) >= 11 is 1.55. The maximum Gasteiger partial charge on any atom is 0.246 e. The Morgan fingerprint density at radius 3 is 2.90 bits per heavy atom. The molecule has 0 unspecified atom stereocenters. The first kappa shape index (κ1) is 19.3. The minimum absolute atomic E-state index is 0.0127. The normalized spacial score (nSPS) is 16.7. The highest BCUT2D eigenvalue weighted by molar-refractivity contribution is 7.13. The van der Waals surface area contributed by atoms with Crippen molar-refractivity contribution in [3.8, 4) is 0 Å². The number of likely N-dealkylation sites (tertiary alicyclic amines) is 1. The molecule has 9 heteroatoms. The van der Waals surface area contributed by atoms with Gasteiger partial charge in [0.1, 0.15) is 11.6 Å². The number of thiazole rings is 1. The van der Waals surface area contributed by atoms with Crippen molar-refractivity contribution < 1.29 is 4.79 Å². The summed E-state index contributed by atoms with van der Waals surface area (Å²) in [7, 11) is 1.85. The summed E-state index contributed by atoms with van der Waals surface area (Å²) in [5, 5.41) is 10.2. The summed E-state index contributed by atoms with van der Waals surface area (Å²) in [5.41, 5.74) is 2.85. The van der Waals surface area contributed by atoms with E-state index >= 15 is 0 Å². The number of amides is 1. The van der Waals surface area contributed by atoms with E-state index in [0.29, 0.717) is 12.4 Å². The van der Waals surface area contributed by atoms with Crippen LogP contribution in [0.3, 0.4) is 0 Å². The predicted octanol–water partition coefficient (Wildman–Crippen LogP) is 3.06. The molecule has 4 rings (SSSR count). The second-order valence-corrected chi connectivity index (χ2v) is 8.05. The van der Waals surface area contributed by atoms with Crippen LogP contribution in [0.4, 0.5) is 10.9 Å². The van der Waals surface area contributed by atoms with Crippen LogP contribution in [0.1, 0.15) is 35.1 Å². The third-order valence-corrected chi connectivity index (χ3v) is 5.65. The van der Waals surface area contributed by atoms with Gasteiger partial charge in [0.25, 0.3) is 0 Å². The van der Waals surface area contributed by atoms with E-state index in [-0.39, 0.29) is 11.8 Å². The van der Waals surface area contributed by atoms with E-state index in [2.05, 4.69) is 25.4 Å². The molecule has 0 saturated carbocycles. The third-order valence-electron chi connectivity index (χ3n) is 4.77. The van der Waals surface area contributed by atoms with Crippen molar-refractivity contribution in [1.82, 2.24) is 29.6 Å². The van der Waals surface area contributed by atoms with Gasteiger partial charge in [-0.25, -0.2) is 15.0 Å². The first-order valence-electron chi connectivity index (χ1n) is 9.46. The zero-order valence-corrected chi connectivity index (χ0v) is 17.5. The van der Waals surface area contributed by atoms with Crippen LogP contribution in [-0.4, -0.2) is 48.6 Å². The molecule has 1 saturated heterocycles. The Kier molecular flexibility index (Phi) is 5.39. The van der Waals surface area contributed by atoms with E-state index in [0.717, 1.165) is 40.9 Å². The molecular formula is C20H23N7OS. The monoisotopic (exact) mass is 409 g/mol. The van der Waals surface area contributed by atoms with Crippen LogP contribution < -0.4 is 5.32 Å². The predicted molar refractivity (Wildman–Crippen MR) is 113 cm³/mol. The smallest absolute Gasteiger partial charge is 0.246 e. The van der Waals surface area contributed by atoms with Crippen LogP contribution >= 0.6 is 11.3 Å². The number of carbonyl (C=O) groups excluding carboxylic acids is 1. The molecule has 4 heterocycles. The van der Waals surface area contributed by atoms with Crippen molar-refractivity contribution in [3.63, 3.8) is 0 Å². The van der Waals surface area contributed by atoms with E-state index in [1.807, 2.05) is 43.4 Å². The largest absolute Gasteiger partial charge is 0.338 e. The number of aryl methyl sites for hydroxylation is 3. The Hall–Kier alpha value is -3.07. The van der Waals surface area contributed by atoms with Crippen LogP contribution in [-0.2, 0) is 11.8 Å². The summed E-state index contributed by atoms with van der Waals surface area (Å²) in [6.45, 7) is 5.22. The van der Waals surface area contributed by atoms with Crippen LogP contribution in [0.25, 0.3) is 6.08 Å². The summed E-state index contributed by atoms with van der Waals surface area (Å²) in [4.78, 5) is 27.9. The topological polar surface area (TPSA) is 88.8 Å². The summed E-state index contributed by atoms with van der Waals surface area (Å²) < 4.78 is 1.71. The number of nitrogens with zero attached hydrogens (tertiary/aromatic N) is 6. The van der Waals surface area contributed by atoms with Crippen LogP contribution in [0.15, 0.2) is 29.9 Å². The molecule has 29 heavy (non-hydrogen) atoms. The van der Waals surface area contributed by atoms with Gasteiger partial charge in [-0.2, -0.15) is 5.10 Å². The van der Waals surface area contributed by atoms with Crippen molar-refractivity contribution in [2.75, 3.05) is 18.4 Å². The minimum Gasteiger partial charge on any atom is -0.338 e. The van der Waals surface area contributed by atoms with E-state index in [9.17, 15) is 4.79 Å². The first-order valence-corrected chi connectivity index (χ1v) is 10.3. The van der Waals surface area contributed by atoms with Gasteiger partial charge in [0, 0.05) is 55.3 Å². The number of hydrogen-bond acceptors (Lipinski definition) is 7. The molecule has 1 aliphatic rings. The molecule has 0 radical (unpaired) electrons. The van der Waals surface area contributed by atoms with Gasteiger partial charge in [0.15, 0.2) is 5.13 Å². The molecule has 3 aromatic rings. The van der Waals surface area contributed by atoms with E-state index in [4.69, 9.17) is 0 Å². The Balaban J connectivity index is 1.43. The Labute approximate surface area is 173 Å². The number of hydrogen-bond donors (Lipinski definition) is 1. The molecule has 8 nitrogen and oxygen atoms in total. The Morgan fingerprint density at radius 2 is 2.17 bits per heavy atom. The lowest BCUT2D eigenvalue weighted by atomic mass is 10.0. The van der Waals surface area contributed by atoms with E-state index < -0.39 is 0 Å². The average Bonchev–Trinajstić information content (AvgIpc) is 3.41. The van der Waals surface area contributed by atoms with Gasteiger partial charge in [-0.15, -0.1) is 11.3 Å². The highest BCUT2D eigenvalue weighted by atomic mass is 32.1. The molecule has 1 fully saturated rings. The lowest BCUT2D eigenvalue weighted by Crippen LogP contribution is -2.26. The standard InChI is InChI=1S/C20H23N7OS/c1-13-12-29-20(22-13)25-18-8-17(23-14(2)24-18)16-6-7-27(11-16)19(28)5-4-15-9-21-26(3)10-15/h4-5,8-10,12,16H,6-7,11H2,1-3H3,(H,22,23,24,25)/b5-4+/t16-/m0/s1. The number of nitrogens with one attached hydrogen (secondary N) is 1. The maximum absolute atomic E-state index is 12.5. The summed E-state index contributed by atoms with van der Waals surface area (Å²) in [5.74, 6) is 1.66. The second-order valence-electron chi connectivity index (χ2n) is 7.19. The maximum atomic E-state index is 12.5. The number of carbonyl (C=O) groups is 1. The second kappa shape index (κ2) is 8.12. The van der Waals surface area contributed by atoms with Crippen LogP contribution in [0, 0.1) is 13.8 Å². The summed E-state index contributed by atoms with van der Waals surface area (Å²) in [6, 6.07) is 1.97. The van der Waals surface area contributed by atoms with Gasteiger partial charge in [0.05, 0.1) is 17.6 Å². The van der Waals surface area contributed by atoms with Gasteiger partial charge in [-0.3, -0.25) is 9.48 Å². The van der Waals surface area contributed by atoms with Gasteiger partial charge in [-0.1, -0.05) is 0 Å². The van der Waals surface area contributed by atoms with Crippen molar-refractivity contribution in [3.05, 3.63) is 52.7 Å². The fourth-order valence-corrected chi connectivity index (χ4v) is 4.08. The van der Waals surface area contributed by atoms with Crippen molar-refractivity contribution in [2.24, 2.45) is 7.05 Å². The average molecular weight is 410 g/mol. The molecule has 1 aliphatic heterocycles. The Morgan fingerprint density at radius 1 is 1.31 bits per heavy atom. The molecule has 1 atom stereocenters. The van der Waals surface area contributed by atoms with Crippen molar-refractivity contribution in [1.29, 1.82) is 0 Å². The lowest BCUT2D eigenvalue weighted by molar-refractivity contribution is -0.124. The third kappa shape index (κ3) is 4.68. The van der Waals surface area contributed by atoms with E-state index in [1.165, 1.54) is 0 Å². The molecule has 3 aromatic heterocycles. The van der Waals surface area contributed by atoms with Gasteiger partial charge >= 0.3 is 0 Å². The molecule has 0 aliphatic carbocycles. The highest BCUT2D eigenvalue weighted by Gasteiger charge is 2.27. The molecule has 1 N–H and O–H groups in total. The first-order chi connectivity index (χ1) is 14.0. The Bertz CT molecular complexity index is 1050. The molecule has 1 amide bonds. The number of anilines is 2. The van der Waals surface area contributed by atoms with E-state index in [1.54, 1.807) is 34.4 Å². The number of aromatic nitrogens is 5. The van der Waals surface area contributed by atoms with Crippen molar-refractivity contribution >= 4 is 34.3 Å². The summed E-state index contributed by atoms with van der Waals surface area (Å²) in [6.07, 6.45) is 7.91. The quantitative estimate of drug-likeness (QED) is 0.652. The van der Waals surface area contributed by atoms with Crippen molar-refractivity contribution in [2.45, 2.75) is 26.2 Å². The van der Waals surface area contributed by atoms with Gasteiger partial charge in [-0.05, 0) is 26.3 Å². The molecule has 150 valence electrons. The molecular weight excluding hydrogens is 386 g/mol. The highest BCUT2D eigenvalue weighted by Crippen LogP contribution is 2.28. The van der Waals surface area contributed by atoms with Gasteiger partial charge < -0.3 is 10.2 Å². The fourth-order valence-electron chi connectivity index (χ4n) is 3.39. The SMILES string of the molecule is Cc1csc(Nc2cc([C@H]3CCN(C(=O)/C=C/c4cnn(C)c4)C3)nc(C)n2)n1.